The lowest BCUT2D eigenvalue weighted by molar-refractivity contribution is -0.330. The lowest BCUT2D eigenvalue weighted by Crippen LogP contribution is -2.55. The molecule has 1 atom stereocenters. The first-order valence-electron chi connectivity index (χ1n) is 10.7. The zero-order valence-electron chi connectivity index (χ0n) is 19.1. The van der Waals surface area contributed by atoms with E-state index in [1.165, 1.54) is 11.1 Å². The van der Waals surface area contributed by atoms with Gasteiger partial charge in [-0.25, -0.2) is 0 Å². The van der Waals surface area contributed by atoms with E-state index in [4.69, 9.17) is 9.57 Å². The second kappa shape index (κ2) is 8.14. The van der Waals surface area contributed by atoms with Gasteiger partial charge in [-0.3, -0.25) is 4.84 Å². The monoisotopic (exact) mass is 386 g/mol. The molecule has 2 rings (SSSR count). The van der Waals surface area contributed by atoms with Gasteiger partial charge in [0.2, 0.25) is 0 Å². The molecule has 0 bridgehead atoms. The maximum atomic E-state index is 10.0. The van der Waals surface area contributed by atoms with Gasteiger partial charge in [0.1, 0.15) is 6.07 Å². The SMILES string of the molecule is CCC1(CC)c2ccccc2C(CC)(CC)N1OC(C)(C#N)COC(C)(C)C. The summed E-state index contributed by atoms with van der Waals surface area (Å²) in [5, 5.41) is 12.2. The summed E-state index contributed by atoms with van der Waals surface area (Å²) in [4.78, 5) is 6.67. The maximum absolute atomic E-state index is 10.0. The number of nitriles is 1. The van der Waals surface area contributed by atoms with Crippen molar-refractivity contribution in [3.05, 3.63) is 35.4 Å². The van der Waals surface area contributed by atoms with Crippen LogP contribution in [0.2, 0.25) is 0 Å². The Kier molecular flexibility index (Phi) is 6.65. The summed E-state index contributed by atoms with van der Waals surface area (Å²) in [7, 11) is 0. The van der Waals surface area contributed by atoms with E-state index in [2.05, 4.69) is 63.1 Å². The van der Waals surface area contributed by atoms with Crippen molar-refractivity contribution in [2.24, 2.45) is 0 Å². The zero-order valence-corrected chi connectivity index (χ0v) is 19.1. The Morgan fingerprint density at radius 1 is 0.893 bits per heavy atom. The third kappa shape index (κ3) is 3.73. The Morgan fingerprint density at radius 2 is 1.32 bits per heavy atom. The van der Waals surface area contributed by atoms with Crippen molar-refractivity contribution in [1.29, 1.82) is 5.26 Å². The summed E-state index contributed by atoms with van der Waals surface area (Å²) in [6.07, 6.45) is 3.68. The molecule has 0 fully saturated rings. The van der Waals surface area contributed by atoms with E-state index in [9.17, 15) is 5.26 Å². The topological polar surface area (TPSA) is 45.5 Å². The summed E-state index contributed by atoms with van der Waals surface area (Å²) in [5.41, 5.74) is 0.793. The second-order valence-electron chi connectivity index (χ2n) is 9.15. The molecule has 1 unspecified atom stereocenters. The fraction of sp³-hybridized carbons (Fsp3) is 0.708. The first kappa shape index (κ1) is 22.9. The van der Waals surface area contributed by atoms with E-state index in [1.54, 1.807) is 0 Å². The minimum Gasteiger partial charge on any atom is -0.372 e. The van der Waals surface area contributed by atoms with Gasteiger partial charge in [-0.05, 0) is 64.5 Å². The predicted octanol–water partition coefficient (Wildman–Crippen LogP) is 6.06. The number of benzene rings is 1. The normalized spacial score (nSPS) is 20.4. The lowest BCUT2D eigenvalue weighted by atomic mass is 9.83. The largest absolute Gasteiger partial charge is 0.372 e. The molecular formula is C24H38N2O2. The molecule has 1 heterocycles. The van der Waals surface area contributed by atoms with Crippen LogP contribution in [0.1, 0.15) is 92.2 Å². The van der Waals surface area contributed by atoms with E-state index in [0.29, 0.717) is 0 Å². The quantitative estimate of drug-likeness (QED) is 0.544. The Hall–Kier alpha value is -1.41. The molecule has 0 saturated carbocycles. The van der Waals surface area contributed by atoms with E-state index in [-0.39, 0.29) is 23.3 Å². The molecule has 0 spiro atoms. The molecule has 1 aromatic rings. The molecule has 0 saturated heterocycles. The van der Waals surface area contributed by atoms with Gasteiger partial charge >= 0.3 is 0 Å². The number of ether oxygens (including phenoxy) is 1. The molecule has 156 valence electrons. The zero-order chi connectivity index (χ0) is 21.2. The van der Waals surface area contributed by atoms with Crippen molar-refractivity contribution < 1.29 is 9.57 Å². The second-order valence-corrected chi connectivity index (χ2v) is 9.15. The van der Waals surface area contributed by atoms with E-state index < -0.39 is 5.60 Å². The molecule has 0 aliphatic carbocycles. The number of hydrogen-bond donors (Lipinski definition) is 0. The summed E-state index contributed by atoms with van der Waals surface area (Å²) in [6, 6.07) is 11.1. The van der Waals surface area contributed by atoms with Gasteiger partial charge < -0.3 is 4.74 Å². The lowest BCUT2D eigenvalue weighted by Gasteiger charge is -2.48. The Labute approximate surface area is 171 Å². The third-order valence-electron chi connectivity index (χ3n) is 6.36. The molecule has 28 heavy (non-hydrogen) atoms. The standard InChI is InChI=1S/C24H38N2O2/c1-9-23(10-2)19-15-13-14-16-20(19)24(11-3,12-4)26(23)28-22(8,17-25)18-27-21(5,6)7/h13-16H,9-12,18H2,1-8H3. The van der Waals surface area contributed by atoms with Crippen molar-refractivity contribution in [3.63, 3.8) is 0 Å². The molecule has 1 aliphatic heterocycles. The van der Waals surface area contributed by atoms with E-state index in [1.807, 2.05) is 27.7 Å². The van der Waals surface area contributed by atoms with Gasteiger partial charge in [-0.15, -0.1) is 0 Å². The van der Waals surface area contributed by atoms with Crippen LogP contribution < -0.4 is 0 Å². The van der Waals surface area contributed by atoms with Crippen molar-refractivity contribution in [3.8, 4) is 6.07 Å². The average molecular weight is 387 g/mol. The van der Waals surface area contributed by atoms with Crippen molar-refractivity contribution in [1.82, 2.24) is 5.06 Å². The first-order chi connectivity index (χ1) is 13.1. The highest BCUT2D eigenvalue weighted by atomic mass is 16.7. The van der Waals surface area contributed by atoms with Crippen LogP contribution >= 0.6 is 0 Å². The molecule has 0 amide bonds. The summed E-state index contributed by atoms with van der Waals surface area (Å²) >= 11 is 0. The highest BCUT2D eigenvalue weighted by molar-refractivity contribution is 5.44. The van der Waals surface area contributed by atoms with Crippen LogP contribution in [0.25, 0.3) is 0 Å². The molecule has 1 aliphatic rings. The Balaban J connectivity index is 2.57. The van der Waals surface area contributed by atoms with Gasteiger partial charge in [0, 0.05) is 0 Å². The van der Waals surface area contributed by atoms with E-state index in [0.717, 1.165) is 25.7 Å². The molecule has 0 radical (unpaired) electrons. The summed E-state index contributed by atoms with van der Waals surface area (Å²) < 4.78 is 5.97. The van der Waals surface area contributed by atoms with Crippen LogP contribution in [0.4, 0.5) is 0 Å². The molecule has 1 aromatic carbocycles. The van der Waals surface area contributed by atoms with Gasteiger partial charge in [-0.2, -0.15) is 10.3 Å². The number of fused-ring (bicyclic) bond motifs is 1. The minimum atomic E-state index is -1.06. The van der Waals surface area contributed by atoms with Crippen LogP contribution in [-0.2, 0) is 20.7 Å². The molecule has 4 nitrogen and oxygen atoms in total. The molecular weight excluding hydrogens is 348 g/mol. The average Bonchev–Trinajstić information content (AvgIpc) is 2.92. The van der Waals surface area contributed by atoms with Gasteiger partial charge in [-0.1, -0.05) is 52.0 Å². The first-order valence-corrected chi connectivity index (χ1v) is 10.7. The van der Waals surface area contributed by atoms with Crippen LogP contribution in [-0.4, -0.2) is 22.9 Å². The molecule has 4 heteroatoms. The third-order valence-corrected chi connectivity index (χ3v) is 6.36. The highest BCUT2D eigenvalue weighted by Gasteiger charge is 2.58. The minimum absolute atomic E-state index is 0.229. The van der Waals surface area contributed by atoms with Crippen molar-refractivity contribution in [2.75, 3.05) is 6.61 Å². The number of rotatable bonds is 8. The highest BCUT2D eigenvalue weighted by Crippen LogP contribution is 2.56. The number of nitrogens with zero attached hydrogens (tertiary/aromatic N) is 2. The predicted molar refractivity (Wildman–Crippen MR) is 114 cm³/mol. The van der Waals surface area contributed by atoms with E-state index >= 15 is 0 Å². The molecule has 0 aromatic heterocycles. The van der Waals surface area contributed by atoms with Crippen LogP contribution in [0.5, 0.6) is 0 Å². The Morgan fingerprint density at radius 3 is 1.64 bits per heavy atom. The maximum Gasteiger partial charge on any atom is 0.195 e. The van der Waals surface area contributed by atoms with Crippen LogP contribution in [0.15, 0.2) is 24.3 Å². The molecule has 0 N–H and O–H groups in total. The van der Waals surface area contributed by atoms with Crippen LogP contribution in [0, 0.1) is 11.3 Å². The van der Waals surface area contributed by atoms with Gasteiger partial charge in [0.05, 0.1) is 23.3 Å². The van der Waals surface area contributed by atoms with Gasteiger partial charge in [0.15, 0.2) is 5.60 Å². The van der Waals surface area contributed by atoms with Gasteiger partial charge in [0.25, 0.3) is 0 Å². The van der Waals surface area contributed by atoms with Crippen molar-refractivity contribution >= 4 is 0 Å². The summed E-state index contributed by atoms with van der Waals surface area (Å²) in [6.45, 7) is 16.9. The Bertz CT molecular complexity index is 669. The van der Waals surface area contributed by atoms with Crippen LogP contribution in [0.3, 0.4) is 0 Å². The smallest absolute Gasteiger partial charge is 0.195 e. The number of hydrogen-bond acceptors (Lipinski definition) is 4. The fourth-order valence-corrected chi connectivity index (χ4v) is 4.57. The fourth-order valence-electron chi connectivity index (χ4n) is 4.57. The van der Waals surface area contributed by atoms with Crippen molar-refractivity contribution in [2.45, 2.75) is 103 Å². The number of hydroxylamine groups is 2. The summed E-state index contributed by atoms with van der Waals surface area (Å²) in [5.74, 6) is 0.